The maximum Gasteiger partial charge on any atom is 0.406 e. The van der Waals surface area contributed by atoms with Crippen LogP contribution in [-0.4, -0.2) is 50.2 Å². The van der Waals surface area contributed by atoms with Gasteiger partial charge < -0.3 is 20.7 Å². The SMILES string of the molecule is COc1ccccc1NC(N)=NCC(=O)N(C)CC(F)(F)F.I. The molecule has 0 radical (unpaired) electrons. The first-order chi connectivity index (χ1) is 10.2. The Bertz CT molecular complexity index is 552. The van der Waals surface area contributed by atoms with Crippen molar-refractivity contribution in [1.29, 1.82) is 0 Å². The van der Waals surface area contributed by atoms with Gasteiger partial charge in [-0.3, -0.25) is 4.79 Å². The van der Waals surface area contributed by atoms with Crippen LogP contribution in [0, 0.1) is 0 Å². The van der Waals surface area contributed by atoms with E-state index < -0.39 is 25.2 Å². The summed E-state index contributed by atoms with van der Waals surface area (Å²) in [5.41, 5.74) is 6.13. The minimum atomic E-state index is -4.45. The highest BCUT2D eigenvalue weighted by atomic mass is 127. The number of alkyl halides is 3. The van der Waals surface area contributed by atoms with E-state index in [0.717, 1.165) is 7.05 Å². The molecule has 0 aromatic heterocycles. The second-order valence-corrected chi connectivity index (χ2v) is 4.39. The number of aliphatic imine (C=N–C) groups is 1. The lowest BCUT2D eigenvalue weighted by Crippen LogP contribution is -2.37. The van der Waals surface area contributed by atoms with Gasteiger partial charge >= 0.3 is 6.18 Å². The van der Waals surface area contributed by atoms with Crippen molar-refractivity contribution < 1.29 is 22.7 Å². The molecule has 0 unspecified atom stereocenters. The van der Waals surface area contributed by atoms with Crippen LogP contribution in [0.3, 0.4) is 0 Å². The van der Waals surface area contributed by atoms with Gasteiger partial charge in [-0.1, -0.05) is 12.1 Å². The molecule has 0 aliphatic heterocycles. The third kappa shape index (κ3) is 7.90. The molecule has 0 aliphatic rings. The quantitative estimate of drug-likeness (QED) is 0.413. The van der Waals surface area contributed by atoms with Crippen molar-refractivity contribution in [3.8, 4) is 5.75 Å². The maximum absolute atomic E-state index is 12.2. The Morgan fingerprint density at radius 2 is 2.00 bits per heavy atom. The predicted octanol–water partition coefficient (Wildman–Crippen LogP) is 2.06. The zero-order valence-electron chi connectivity index (χ0n) is 12.6. The second-order valence-electron chi connectivity index (χ2n) is 4.39. The van der Waals surface area contributed by atoms with Gasteiger partial charge in [0.05, 0.1) is 12.8 Å². The third-order valence-corrected chi connectivity index (χ3v) is 2.60. The molecular weight excluding hydrogens is 428 g/mol. The van der Waals surface area contributed by atoms with Crippen LogP contribution in [0.1, 0.15) is 0 Å². The first-order valence-corrected chi connectivity index (χ1v) is 6.23. The fraction of sp³-hybridized carbons (Fsp3) is 0.385. The summed E-state index contributed by atoms with van der Waals surface area (Å²) in [5.74, 6) is -0.374. The summed E-state index contributed by atoms with van der Waals surface area (Å²) in [6, 6.07) is 6.87. The van der Waals surface area contributed by atoms with E-state index >= 15 is 0 Å². The van der Waals surface area contributed by atoms with Gasteiger partial charge in [0.1, 0.15) is 18.8 Å². The van der Waals surface area contributed by atoms with Gasteiger partial charge in [-0.25, -0.2) is 4.99 Å². The molecule has 1 rings (SSSR count). The molecule has 0 bridgehead atoms. The van der Waals surface area contributed by atoms with Crippen molar-refractivity contribution in [2.45, 2.75) is 6.18 Å². The van der Waals surface area contributed by atoms with E-state index in [1.807, 2.05) is 0 Å². The molecule has 6 nitrogen and oxygen atoms in total. The Kier molecular flexibility index (Phi) is 8.72. The zero-order chi connectivity index (χ0) is 16.8. The van der Waals surface area contributed by atoms with Crippen molar-refractivity contribution in [3.63, 3.8) is 0 Å². The molecule has 0 saturated heterocycles. The van der Waals surface area contributed by atoms with Crippen LogP contribution < -0.4 is 15.8 Å². The number of nitrogens with zero attached hydrogens (tertiary/aromatic N) is 2. The van der Waals surface area contributed by atoms with Crippen molar-refractivity contribution >= 4 is 41.5 Å². The van der Waals surface area contributed by atoms with E-state index in [-0.39, 0.29) is 29.9 Å². The molecule has 0 fully saturated rings. The lowest BCUT2D eigenvalue weighted by atomic mass is 10.3. The fourth-order valence-electron chi connectivity index (χ4n) is 1.56. The van der Waals surface area contributed by atoms with Crippen molar-refractivity contribution in [3.05, 3.63) is 24.3 Å². The van der Waals surface area contributed by atoms with Crippen LogP contribution in [0.2, 0.25) is 0 Å². The molecule has 0 heterocycles. The number of rotatable bonds is 5. The number of carbonyl (C=O) groups is 1. The number of nitrogens with two attached hydrogens (primary N) is 1. The molecule has 0 spiro atoms. The topological polar surface area (TPSA) is 80.0 Å². The number of carbonyl (C=O) groups excluding carboxylic acids is 1. The molecular formula is C13H18F3IN4O2. The summed E-state index contributed by atoms with van der Waals surface area (Å²) in [4.78, 5) is 15.8. The number of hydrogen-bond acceptors (Lipinski definition) is 3. The smallest absolute Gasteiger partial charge is 0.406 e. The van der Waals surface area contributed by atoms with E-state index in [2.05, 4.69) is 10.3 Å². The zero-order valence-corrected chi connectivity index (χ0v) is 14.9. The summed E-state index contributed by atoms with van der Waals surface area (Å²) in [7, 11) is 2.53. The Morgan fingerprint density at radius 3 is 2.57 bits per heavy atom. The van der Waals surface area contributed by atoms with Crippen LogP contribution in [-0.2, 0) is 4.79 Å². The highest BCUT2D eigenvalue weighted by molar-refractivity contribution is 14.0. The Balaban J connectivity index is 0.00000484. The van der Waals surface area contributed by atoms with Crippen molar-refractivity contribution in [1.82, 2.24) is 4.90 Å². The molecule has 1 amide bonds. The monoisotopic (exact) mass is 446 g/mol. The highest BCUT2D eigenvalue weighted by Crippen LogP contribution is 2.22. The number of guanidine groups is 1. The van der Waals surface area contributed by atoms with Crippen molar-refractivity contribution in [2.24, 2.45) is 10.7 Å². The maximum atomic E-state index is 12.2. The van der Waals surface area contributed by atoms with Gasteiger partial charge in [0.2, 0.25) is 5.91 Å². The number of halogens is 4. The molecule has 10 heteroatoms. The van der Waals surface area contributed by atoms with Gasteiger partial charge in [-0.05, 0) is 12.1 Å². The highest BCUT2D eigenvalue weighted by Gasteiger charge is 2.30. The largest absolute Gasteiger partial charge is 0.495 e. The number of nitrogens with one attached hydrogen (secondary N) is 1. The molecule has 0 saturated carbocycles. The minimum Gasteiger partial charge on any atom is -0.495 e. The van der Waals surface area contributed by atoms with Crippen molar-refractivity contribution in [2.75, 3.05) is 32.6 Å². The van der Waals surface area contributed by atoms with E-state index in [9.17, 15) is 18.0 Å². The first-order valence-electron chi connectivity index (χ1n) is 6.23. The molecule has 1 aromatic rings. The van der Waals surface area contributed by atoms with Crippen LogP contribution in [0.25, 0.3) is 0 Å². The lowest BCUT2D eigenvalue weighted by molar-refractivity contribution is -0.157. The summed E-state index contributed by atoms with van der Waals surface area (Å²) >= 11 is 0. The van der Waals surface area contributed by atoms with Gasteiger partial charge in [0, 0.05) is 7.05 Å². The second kappa shape index (κ2) is 9.43. The number of amides is 1. The summed E-state index contributed by atoms with van der Waals surface area (Å²) in [5, 5.41) is 2.71. The average molecular weight is 446 g/mol. The number of benzene rings is 1. The van der Waals surface area contributed by atoms with Crippen LogP contribution in [0.5, 0.6) is 5.75 Å². The van der Waals surface area contributed by atoms with Crippen LogP contribution >= 0.6 is 24.0 Å². The standard InChI is InChI=1S/C13H17F3N4O2.HI/c1-20(8-13(14,15)16)11(21)7-18-12(17)19-9-5-3-4-6-10(9)22-2;/h3-6H,7-8H2,1-2H3,(H3,17,18,19);1H. The number of methoxy groups -OCH3 is 1. The molecule has 130 valence electrons. The molecule has 0 aliphatic carbocycles. The predicted molar refractivity (Wildman–Crippen MR) is 92.2 cm³/mol. The Hall–Kier alpha value is -1.72. The fourth-order valence-corrected chi connectivity index (χ4v) is 1.56. The van der Waals surface area contributed by atoms with Crippen LogP contribution in [0.4, 0.5) is 18.9 Å². The molecule has 0 atom stereocenters. The first kappa shape index (κ1) is 21.3. The normalized spacial score (nSPS) is 11.4. The molecule has 1 aromatic carbocycles. The Morgan fingerprint density at radius 1 is 1.39 bits per heavy atom. The van der Waals surface area contributed by atoms with E-state index in [0.29, 0.717) is 16.3 Å². The number of anilines is 1. The van der Waals surface area contributed by atoms with Gasteiger partial charge in [0.15, 0.2) is 5.96 Å². The molecule has 23 heavy (non-hydrogen) atoms. The number of para-hydroxylation sites is 2. The van der Waals surface area contributed by atoms with Gasteiger partial charge in [0.25, 0.3) is 0 Å². The Labute approximate surface area is 148 Å². The summed E-state index contributed by atoms with van der Waals surface area (Å²) in [6.07, 6.45) is -4.45. The number of hydrogen-bond donors (Lipinski definition) is 2. The van der Waals surface area contributed by atoms with E-state index in [1.54, 1.807) is 24.3 Å². The van der Waals surface area contributed by atoms with Gasteiger partial charge in [-0.2, -0.15) is 13.2 Å². The minimum absolute atomic E-state index is 0. The molecule has 3 N–H and O–H groups in total. The van der Waals surface area contributed by atoms with E-state index in [1.165, 1.54) is 7.11 Å². The third-order valence-electron chi connectivity index (χ3n) is 2.60. The summed E-state index contributed by atoms with van der Waals surface area (Å²) in [6.45, 7) is -1.82. The van der Waals surface area contributed by atoms with Crippen LogP contribution in [0.15, 0.2) is 29.3 Å². The van der Waals surface area contributed by atoms with Gasteiger partial charge in [-0.15, -0.1) is 24.0 Å². The van der Waals surface area contributed by atoms with E-state index in [4.69, 9.17) is 10.5 Å². The number of ether oxygens (including phenoxy) is 1. The average Bonchev–Trinajstić information content (AvgIpc) is 2.43. The summed E-state index contributed by atoms with van der Waals surface area (Å²) < 4.78 is 41.6. The number of likely N-dealkylation sites (N-methyl/N-ethyl adjacent to an activating group) is 1. The lowest BCUT2D eigenvalue weighted by Gasteiger charge is -2.18.